The molecule has 3 aromatic rings. The molecule has 0 amide bonds. The Morgan fingerprint density at radius 2 is 1.67 bits per heavy atom. The van der Waals surface area contributed by atoms with Gasteiger partial charge in [0.05, 0.1) is 13.0 Å². The number of carbonyl (C=O) groups is 1. The zero-order chi connectivity index (χ0) is 30.4. The Bertz CT molecular complexity index is 1350. The molecule has 1 N–H and O–H groups in total. The van der Waals surface area contributed by atoms with Crippen molar-refractivity contribution in [3.05, 3.63) is 132 Å². The van der Waals surface area contributed by atoms with Crippen LogP contribution in [0.4, 0.5) is 13.2 Å². The van der Waals surface area contributed by atoms with Gasteiger partial charge in [0.15, 0.2) is 0 Å². The van der Waals surface area contributed by atoms with E-state index in [2.05, 4.69) is 16.2 Å². The largest absolute Gasteiger partial charge is 0.573 e. The maximum absolute atomic E-state index is 12.8. The topological polar surface area (TPSA) is 59.0 Å². The van der Waals surface area contributed by atoms with E-state index in [9.17, 15) is 18.0 Å². The second-order valence-electron chi connectivity index (χ2n) is 9.77. The summed E-state index contributed by atoms with van der Waals surface area (Å²) in [7, 11) is 0. The van der Waals surface area contributed by atoms with E-state index in [0.29, 0.717) is 49.5 Å². The van der Waals surface area contributed by atoms with Crippen molar-refractivity contribution >= 4 is 5.97 Å². The van der Waals surface area contributed by atoms with Crippen molar-refractivity contribution in [1.29, 1.82) is 0 Å². The molecule has 1 unspecified atom stereocenters. The van der Waals surface area contributed by atoms with Crippen molar-refractivity contribution in [2.45, 2.75) is 38.6 Å². The lowest BCUT2D eigenvalue weighted by atomic mass is 9.90. The highest BCUT2D eigenvalue weighted by atomic mass is 19.4. The van der Waals surface area contributed by atoms with Crippen LogP contribution in [-0.2, 0) is 17.8 Å². The third-order valence-corrected chi connectivity index (χ3v) is 6.38. The van der Waals surface area contributed by atoms with Gasteiger partial charge >= 0.3 is 12.3 Å². The Labute approximate surface area is 245 Å². The van der Waals surface area contributed by atoms with Crippen molar-refractivity contribution in [2.24, 2.45) is 0 Å². The number of nitrogens with zero attached hydrogens (tertiary/aromatic N) is 1. The molecule has 42 heavy (non-hydrogen) atoms. The molecule has 0 fully saturated rings. The van der Waals surface area contributed by atoms with Gasteiger partial charge in [-0.1, -0.05) is 85.5 Å². The fraction of sp³-hybridized carbons (Fsp3) is 0.265. The van der Waals surface area contributed by atoms with Crippen LogP contribution in [-0.4, -0.2) is 42.0 Å². The highest BCUT2D eigenvalue weighted by molar-refractivity contribution is 5.70. The molecule has 0 saturated carbocycles. The number of benzene rings is 3. The molecule has 0 bridgehead atoms. The standard InChI is InChI=1S/C34H36F3NO4/c1-3-4-6-12-26(2)32(29-15-7-5-8-16-29)25-38(24-28-14-10-18-31(22-28)42-34(35,36)37)19-11-20-41-30-17-9-13-27(21-30)23-33(39)40/h3-10,12-18,21-22,32H,2,11,19-20,23-25H2,1H3,(H,39,40)/b4-3-,12-6-. The van der Waals surface area contributed by atoms with E-state index in [0.717, 1.165) is 11.1 Å². The average Bonchev–Trinajstić information content (AvgIpc) is 2.93. The minimum atomic E-state index is -4.77. The van der Waals surface area contributed by atoms with Crippen molar-refractivity contribution in [1.82, 2.24) is 4.90 Å². The summed E-state index contributed by atoms with van der Waals surface area (Å²) in [4.78, 5) is 13.2. The van der Waals surface area contributed by atoms with Crippen LogP contribution in [0, 0.1) is 0 Å². The molecule has 0 aliphatic rings. The number of ether oxygens (including phenoxy) is 2. The fourth-order valence-corrected chi connectivity index (χ4v) is 4.52. The van der Waals surface area contributed by atoms with Gasteiger partial charge in [-0.25, -0.2) is 0 Å². The smallest absolute Gasteiger partial charge is 0.494 e. The SMILES string of the molecule is C=C(/C=C\C=C/C)C(CN(CCCOc1cccc(CC(=O)O)c1)Cc1cccc(OC(F)(F)F)c1)c1ccccc1. The second-order valence-corrected chi connectivity index (χ2v) is 9.77. The second kappa shape index (κ2) is 16.2. The van der Waals surface area contributed by atoms with E-state index in [1.165, 1.54) is 12.1 Å². The Kier molecular flexibility index (Phi) is 12.4. The first-order valence-corrected chi connectivity index (χ1v) is 13.7. The molecule has 3 aromatic carbocycles. The number of rotatable bonds is 16. The Balaban J connectivity index is 1.78. The van der Waals surface area contributed by atoms with Gasteiger partial charge < -0.3 is 14.6 Å². The molecular weight excluding hydrogens is 543 g/mol. The summed E-state index contributed by atoms with van der Waals surface area (Å²) in [6.45, 7) is 8.19. The Morgan fingerprint density at radius 1 is 0.976 bits per heavy atom. The molecule has 222 valence electrons. The van der Waals surface area contributed by atoms with E-state index in [1.807, 2.05) is 61.6 Å². The molecule has 0 aliphatic heterocycles. The Hall–Kier alpha value is -4.30. The van der Waals surface area contributed by atoms with Crippen molar-refractivity contribution in [3.8, 4) is 11.5 Å². The molecule has 0 spiro atoms. The first-order chi connectivity index (χ1) is 20.1. The predicted molar refractivity (Wildman–Crippen MR) is 159 cm³/mol. The Morgan fingerprint density at radius 3 is 2.36 bits per heavy atom. The van der Waals surface area contributed by atoms with E-state index < -0.39 is 12.3 Å². The van der Waals surface area contributed by atoms with Crippen LogP contribution >= 0.6 is 0 Å². The number of hydrogen-bond donors (Lipinski definition) is 1. The third-order valence-electron chi connectivity index (χ3n) is 6.38. The van der Waals surface area contributed by atoms with Gasteiger partial charge in [0.1, 0.15) is 11.5 Å². The van der Waals surface area contributed by atoms with Gasteiger partial charge in [0.25, 0.3) is 0 Å². The molecule has 0 aliphatic carbocycles. The molecule has 5 nitrogen and oxygen atoms in total. The fourth-order valence-electron chi connectivity index (χ4n) is 4.52. The predicted octanol–water partition coefficient (Wildman–Crippen LogP) is 7.96. The molecular formula is C34H36F3NO4. The highest BCUT2D eigenvalue weighted by Crippen LogP contribution is 2.28. The highest BCUT2D eigenvalue weighted by Gasteiger charge is 2.31. The van der Waals surface area contributed by atoms with Gasteiger partial charge in [0, 0.05) is 25.6 Å². The first kappa shape index (κ1) is 32.2. The summed E-state index contributed by atoms with van der Waals surface area (Å²) in [5.41, 5.74) is 3.32. The molecule has 0 saturated heterocycles. The molecule has 0 radical (unpaired) electrons. The van der Waals surface area contributed by atoms with Gasteiger partial charge in [-0.05, 0) is 59.9 Å². The molecule has 0 heterocycles. The van der Waals surface area contributed by atoms with Gasteiger partial charge in [-0.15, -0.1) is 13.2 Å². The monoisotopic (exact) mass is 579 g/mol. The number of carboxylic acids is 1. The minimum Gasteiger partial charge on any atom is -0.494 e. The molecule has 1 atom stereocenters. The van der Waals surface area contributed by atoms with Crippen molar-refractivity contribution < 1.29 is 32.5 Å². The maximum Gasteiger partial charge on any atom is 0.573 e. The number of carboxylic acid groups (broad SMARTS) is 1. The summed E-state index contributed by atoms with van der Waals surface area (Å²) in [6.07, 6.45) is 3.54. The molecule has 0 aromatic heterocycles. The van der Waals surface area contributed by atoms with E-state index in [1.54, 1.807) is 36.4 Å². The molecule has 3 rings (SSSR count). The summed E-state index contributed by atoms with van der Waals surface area (Å²) < 4.78 is 48.6. The maximum atomic E-state index is 12.8. The lowest BCUT2D eigenvalue weighted by molar-refractivity contribution is -0.274. The summed E-state index contributed by atoms with van der Waals surface area (Å²) >= 11 is 0. The van der Waals surface area contributed by atoms with Crippen LogP contribution in [0.15, 0.2) is 115 Å². The zero-order valence-corrected chi connectivity index (χ0v) is 23.6. The van der Waals surface area contributed by atoms with Crippen LogP contribution in [0.1, 0.15) is 36.0 Å². The quantitative estimate of drug-likeness (QED) is 0.138. The lowest BCUT2D eigenvalue weighted by Crippen LogP contribution is -2.31. The zero-order valence-electron chi connectivity index (χ0n) is 23.6. The number of halogens is 3. The van der Waals surface area contributed by atoms with E-state index in [-0.39, 0.29) is 18.1 Å². The van der Waals surface area contributed by atoms with E-state index in [4.69, 9.17) is 9.84 Å². The van der Waals surface area contributed by atoms with Crippen LogP contribution in [0.2, 0.25) is 0 Å². The number of alkyl halides is 3. The normalized spacial score (nSPS) is 12.6. The minimum absolute atomic E-state index is 0.0593. The number of allylic oxidation sites excluding steroid dienone is 4. The third kappa shape index (κ3) is 11.7. The molecule has 8 heteroatoms. The van der Waals surface area contributed by atoms with Gasteiger partial charge in [-0.3, -0.25) is 9.69 Å². The lowest BCUT2D eigenvalue weighted by Gasteiger charge is -2.29. The van der Waals surface area contributed by atoms with Crippen molar-refractivity contribution in [2.75, 3.05) is 19.7 Å². The average molecular weight is 580 g/mol. The van der Waals surface area contributed by atoms with Crippen LogP contribution < -0.4 is 9.47 Å². The van der Waals surface area contributed by atoms with Gasteiger partial charge in [0.2, 0.25) is 0 Å². The van der Waals surface area contributed by atoms with Crippen LogP contribution in [0.3, 0.4) is 0 Å². The number of hydrogen-bond acceptors (Lipinski definition) is 4. The van der Waals surface area contributed by atoms with Crippen molar-refractivity contribution in [3.63, 3.8) is 0 Å². The first-order valence-electron chi connectivity index (χ1n) is 13.7. The summed E-state index contributed by atoms with van der Waals surface area (Å²) in [5, 5.41) is 9.06. The van der Waals surface area contributed by atoms with Gasteiger partial charge in [-0.2, -0.15) is 0 Å². The summed E-state index contributed by atoms with van der Waals surface area (Å²) in [6, 6.07) is 23.0. The van der Waals surface area contributed by atoms with Crippen LogP contribution in [0.5, 0.6) is 11.5 Å². The van der Waals surface area contributed by atoms with E-state index >= 15 is 0 Å². The number of aliphatic carboxylic acids is 1. The van der Waals surface area contributed by atoms with Crippen LogP contribution in [0.25, 0.3) is 0 Å². The summed E-state index contributed by atoms with van der Waals surface area (Å²) in [5.74, 6) is -0.650.